The summed E-state index contributed by atoms with van der Waals surface area (Å²) in [5.74, 6) is 0.653. The summed E-state index contributed by atoms with van der Waals surface area (Å²) in [5, 5.41) is 19.7. The summed E-state index contributed by atoms with van der Waals surface area (Å²) in [7, 11) is 4.61. The van der Waals surface area contributed by atoms with Gasteiger partial charge in [0.1, 0.15) is 11.5 Å². The van der Waals surface area contributed by atoms with Crippen molar-refractivity contribution in [2.75, 3.05) is 21.3 Å². The van der Waals surface area contributed by atoms with Gasteiger partial charge in [-0.3, -0.25) is 4.79 Å². The van der Waals surface area contributed by atoms with E-state index < -0.39 is 5.78 Å². The highest BCUT2D eigenvalue weighted by Gasteiger charge is 2.15. The fourth-order valence-electron chi connectivity index (χ4n) is 3.37. The summed E-state index contributed by atoms with van der Waals surface area (Å²) < 4.78 is 16.4. The van der Waals surface area contributed by atoms with Crippen LogP contribution in [-0.2, 0) is 0 Å². The number of benzene rings is 3. The molecule has 0 heterocycles. The molecule has 3 aromatic carbocycles. The third-order valence-corrected chi connectivity index (χ3v) is 5.16. The maximum absolute atomic E-state index is 12.8. The standard InChI is InChI=1S/C27H26O6/c1-17-7-5-6-8-18(17)13-19(9-11-23(29)22-16-21(28)10-12-24(22)30)20-14-25(31-2)27(33-4)26(15-20)32-3/h5-16,28,30H,1-4H3/b11-9+,19-13+. The Balaban J connectivity index is 2.14. The lowest BCUT2D eigenvalue weighted by Gasteiger charge is -2.15. The highest BCUT2D eigenvalue weighted by atomic mass is 16.5. The highest BCUT2D eigenvalue weighted by molar-refractivity contribution is 6.08. The van der Waals surface area contributed by atoms with Gasteiger partial charge in [0.15, 0.2) is 17.3 Å². The second-order valence-electron chi connectivity index (χ2n) is 7.27. The van der Waals surface area contributed by atoms with Crippen molar-refractivity contribution in [3.05, 3.63) is 89.0 Å². The van der Waals surface area contributed by atoms with Crippen LogP contribution in [-0.4, -0.2) is 37.3 Å². The average molecular weight is 446 g/mol. The van der Waals surface area contributed by atoms with E-state index in [0.29, 0.717) is 22.8 Å². The molecule has 0 fully saturated rings. The molecule has 0 amide bonds. The molecule has 170 valence electrons. The maximum Gasteiger partial charge on any atom is 0.203 e. The molecule has 0 spiro atoms. The Bertz CT molecular complexity index is 1200. The lowest BCUT2D eigenvalue weighted by atomic mass is 9.98. The molecule has 0 saturated carbocycles. The number of phenols is 2. The van der Waals surface area contributed by atoms with E-state index in [1.807, 2.05) is 37.3 Å². The summed E-state index contributed by atoms with van der Waals surface area (Å²) >= 11 is 0. The first-order valence-electron chi connectivity index (χ1n) is 10.2. The van der Waals surface area contributed by atoms with Crippen molar-refractivity contribution < 1.29 is 29.2 Å². The number of aryl methyl sites for hydroxylation is 1. The number of allylic oxidation sites excluding steroid dienone is 3. The average Bonchev–Trinajstić information content (AvgIpc) is 2.83. The van der Waals surface area contributed by atoms with E-state index in [1.165, 1.54) is 45.6 Å². The van der Waals surface area contributed by atoms with Crippen LogP contribution < -0.4 is 14.2 Å². The topological polar surface area (TPSA) is 85.2 Å². The molecule has 0 aromatic heterocycles. The fourth-order valence-corrected chi connectivity index (χ4v) is 3.37. The van der Waals surface area contributed by atoms with Crippen LogP contribution in [0.2, 0.25) is 0 Å². The molecule has 0 radical (unpaired) electrons. The van der Waals surface area contributed by atoms with E-state index in [9.17, 15) is 15.0 Å². The Morgan fingerprint density at radius 1 is 0.848 bits per heavy atom. The molecule has 3 aromatic rings. The van der Waals surface area contributed by atoms with Gasteiger partial charge in [-0.2, -0.15) is 0 Å². The Hall–Kier alpha value is -4.19. The van der Waals surface area contributed by atoms with Gasteiger partial charge in [0.05, 0.1) is 26.9 Å². The maximum atomic E-state index is 12.8. The summed E-state index contributed by atoms with van der Waals surface area (Å²) in [5.41, 5.74) is 3.48. The van der Waals surface area contributed by atoms with E-state index >= 15 is 0 Å². The third kappa shape index (κ3) is 5.36. The fraction of sp³-hybridized carbons (Fsp3) is 0.148. The smallest absolute Gasteiger partial charge is 0.203 e. The number of methoxy groups -OCH3 is 3. The van der Waals surface area contributed by atoms with Gasteiger partial charge in [0.25, 0.3) is 0 Å². The number of rotatable bonds is 8. The first-order chi connectivity index (χ1) is 15.9. The number of carbonyl (C=O) groups excluding carboxylic acids is 1. The number of phenolic OH excluding ortho intramolecular Hbond substituents is 2. The Kier molecular flexibility index (Phi) is 7.41. The molecule has 0 aliphatic rings. The van der Waals surface area contributed by atoms with Gasteiger partial charge in [-0.25, -0.2) is 0 Å². The van der Waals surface area contributed by atoms with Crippen LogP contribution in [0, 0.1) is 6.92 Å². The Morgan fingerprint density at radius 2 is 1.52 bits per heavy atom. The van der Waals surface area contributed by atoms with Crippen molar-refractivity contribution in [1.29, 1.82) is 0 Å². The first-order valence-corrected chi connectivity index (χ1v) is 10.2. The van der Waals surface area contributed by atoms with Gasteiger partial charge in [0.2, 0.25) is 5.75 Å². The zero-order chi connectivity index (χ0) is 24.0. The van der Waals surface area contributed by atoms with Gasteiger partial charge in [-0.15, -0.1) is 0 Å². The highest BCUT2D eigenvalue weighted by Crippen LogP contribution is 2.40. The number of hydrogen-bond acceptors (Lipinski definition) is 6. The molecule has 0 atom stereocenters. The molecular formula is C27H26O6. The van der Waals surface area contributed by atoms with Crippen molar-refractivity contribution in [3.63, 3.8) is 0 Å². The quantitative estimate of drug-likeness (QED) is 0.158. The van der Waals surface area contributed by atoms with Crippen LogP contribution in [0.3, 0.4) is 0 Å². The van der Waals surface area contributed by atoms with Crippen molar-refractivity contribution in [3.8, 4) is 28.7 Å². The van der Waals surface area contributed by atoms with Crippen LogP contribution in [0.4, 0.5) is 0 Å². The molecule has 0 aliphatic carbocycles. The number of ketones is 1. The van der Waals surface area contributed by atoms with E-state index in [1.54, 1.807) is 18.2 Å². The SMILES string of the molecule is COc1cc(C(/C=C/C(=O)c2cc(O)ccc2O)=C/c2ccccc2C)cc(OC)c1OC. The molecule has 0 bridgehead atoms. The zero-order valence-corrected chi connectivity index (χ0v) is 19.0. The summed E-state index contributed by atoms with van der Waals surface area (Å²) in [4.78, 5) is 12.8. The minimum absolute atomic E-state index is 0.00591. The minimum Gasteiger partial charge on any atom is -0.508 e. The van der Waals surface area contributed by atoms with Gasteiger partial charge in [-0.05, 0) is 71.7 Å². The van der Waals surface area contributed by atoms with E-state index in [2.05, 4.69) is 0 Å². The molecule has 0 unspecified atom stereocenters. The number of hydrogen-bond donors (Lipinski definition) is 2. The van der Waals surface area contributed by atoms with Crippen molar-refractivity contribution in [1.82, 2.24) is 0 Å². The van der Waals surface area contributed by atoms with Crippen LogP contribution in [0.5, 0.6) is 28.7 Å². The largest absolute Gasteiger partial charge is 0.508 e. The molecule has 0 saturated heterocycles. The Labute approximate surface area is 193 Å². The number of carbonyl (C=O) groups is 1. The molecule has 0 aliphatic heterocycles. The van der Waals surface area contributed by atoms with Crippen LogP contribution in [0.25, 0.3) is 11.6 Å². The molecule has 2 N–H and O–H groups in total. The number of aromatic hydroxyl groups is 2. The molecular weight excluding hydrogens is 420 g/mol. The van der Waals surface area contributed by atoms with Crippen molar-refractivity contribution >= 4 is 17.4 Å². The Morgan fingerprint density at radius 3 is 2.12 bits per heavy atom. The predicted molar refractivity (Wildman–Crippen MR) is 128 cm³/mol. The lowest BCUT2D eigenvalue weighted by Crippen LogP contribution is -1.98. The van der Waals surface area contributed by atoms with Crippen LogP contribution in [0.15, 0.2) is 66.7 Å². The van der Waals surface area contributed by atoms with Crippen LogP contribution >= 0.6 is 0 Å². The minimum atomic E-state index is -0.452. The van der Waals surface area contributed by atoms with Gasteiger partial charge < -0.3 is 24.4 Å². The monoisotopic (exact) mass is 446 g/mol. The lowest BCUT2D eigenvalue weighted by molar-refractivity contribution is 0.104. The van der Waals surface area contributed by atoms with E-state index in [0.717, 1.165) is 16.7 Å². The third-order valence-electron chi connectivity index (χ3n) is 5.16. The second kappa shape index (κ2) is 10.4. The van der Waals surface area contributed by atoms with Gasteiger partial charge >= 0.3 is 0 Å². The van der Waals surface area contributed by atoms with Gasteiger partial charge in [-0.1, -0.05) is 30.3 Å². The molecule has 6 nitrogen and oxygen atoms in total. The summed E-state index contributed by atoms with van der Waals surface area (Å²) in [6.07, 6.45) is 4.95. The van der Waals surface area contributed by atoms with E-state index in [4.69, 9.17) is 14.2 Å². The first kappa shape index (κ1) is 23.5. The van der Waals surface area contributed by atoms with Crippen molar-refractivity contribution in [2.45, 2.75) is 6.92 Å². The number of ether oxygens (including phenoxy) is 3. The molecule has 33 heavy (non-hydrogen) atoms. The summed E-state index contributed by atoms with van der Waals surface area (Å²) in [6.45, 7) is 2.00. The molecule has 3 rings (SSSR count). The van der Waals surface area contributed by atoms with E-state index in [-0.39, 0.29) is 17.1 Å². The van der Waals surface area contributed by atoms with Crippen LogP contribution in [0.1, 0.15) is 27.0 Å². The normalized spacial score (nSPS) is 11.5. The molecule has 6 heteroatoms. The predicted octanol–water partition coefficient (Wildman–Crippen LogP) is 5.41. The van der Waals surface area contributed by atoms with Gasteiger partial charge in [0, 0.05) is 0 Å². The van der Waals surface area contributed by atoms with Crippen molar-refractivity contribution in [2.24, 2.45) is 0 Å². The summed E-state index contributed by atoms with van der Waals surface area (Å²) in [6, 6.07) is 15.3. The second-order valence-corrected chi connectivity index (χ2v) is 7.27. The zero-order valence-electron chi connectivity index (χ0n) is 19.0.